The monoisotopic (exact) mass is 977 g/mol. The minimum absolute atomic E-state index is 0.534. The van der Waals surface area contributed by atoms with Crippen LogP contribution in [0.25, 0.3) is 88.6 Å². The molecule has 5 heterocycles. The van der Waals surface area contributed by atoms with Crippen molar-refractivity contribution in [1.82, 2.24) is 19.1 Å². The lowest BCUT2D eigenvalue weighted by molar-refractivity contribution is 0.743. The number of pyridine rings is 2. The van der Waals surface area contributed by atoms with Crippen molar-refractivity contribution in [3.63, 3.8) is 0 Å². The first-order chi connectivity index (χ1) is 38.2. The second kappa shape index (κ2) is 14.8. The third kappa shape index (κ3) is 4.96. The summed E-state index contributed by atoms with van der Waals surface area (Å²) < 4.78 is 4.91. The molecule has 2 spiro atoms. The van der Waals surface area contributed by atoms with Gasteiger partial charge in [0.2, 0.25) is 0 Å². The van der Waals surface area contributed by atoms with Crippen LogP contribution in [0.3, 0.4) is 0 Å². The maximum Gasteiger partial charge on any atom is 0.0939 e. The van der Waals surface area contributed by atoms with Crippen LogP contribution < -0.4 is 4.90 Å². The Balaban J connectivity index is 0.983. The number of hydrogen-bond donors (Lipinski definition) is 0. The molecule has 5 nitrogen and oxygen atoms in total. The lowest BCUT2D eigenvalue weighted by Crippen LogP contribution is -2.37. The highest BCUT2D eigenvalue weighted by atomic mass is 15.2. The van der Waals surface area contributed by atoms with E-state index in [9.17, 15) is 0 Å². The Kier molecular flexibility index (Phi) is 7.94. The van der Waals surface area contributed by atoms with Gasteiger partial charge in [-0.15, -0.1) is 0 Å². The Hall–Kier alpha value is -10.1. The maximum atomic E-state index is 5.65. The summed E-state index contributed by atoms with van der Waals surface area (Å²) >= 11 is 0. The zero-order valence-electron chi connectivity index (χ0n) is 41.6. The Bertz CT molecular complexity index is 4840. The second-order valence-corrected chi connectivity index (χ2v) is 21.1. The molecule has 5 heteroatoms. The third-order valence-corrected chi connectivity index (χ3v) is 17.8. The SMILES string of the molecule is c1ccc(N2c3ccccc3C3(c4cc5c(cc42)C2(c4ccccc4-c4ccccc42)c2ccccc2-5)c2cccnc2-c2ncc(-n4c5ccccc5c5ccc6c(c7ccccc7n6-c6ccccc6)c54)cc23)cc1. The van der Waals surface area contributed by atoms with Crippen molar-refractivity contribution in [2.75, 3.05) is 4.90 Å². The molecule has 0 radical (unpaired) electrons. The molecule has 10 aromatic carbocycles. The summed E-state index contributed by atoms with van der Waals surface area (Å²) in [6.45, 7) is 0. The molecule has 0 fully saturated rings. The number of nitrogens with zero attached hydrogens (tertiary/aromatic N) is 5. The smallest absolute Gasteiger partial charge is 0.0939 e. The summed E-state index contributed by atoms with van der Waals surface area (Å²) in [5.74, 6) is 0. The van der Waals surface area contributed by atoms with Crippen molar-refractivity contribution in [1.29, 1.82) is 0 Å². The Morgan fingerprint density at radius 1 is 0.299 bits per heavy atom. The summed E-state index contributed by atoms with van der Waals surface area (Å²) in [6, 6.07) is 92.7. The van der Waals surface area contributed by atoms with Crippen LogP contribution in [-0.2, 0) is 10.8 Å². The van der Waals surface area contributed by atoms with E-state index in [1.54, 1.807) is 0 Å². The zero-order chi connectivity index (χ0) is 50.1. The van der Waals surface area contributed by atoms with Crippen molar-refractivity contribution in [3.05, 3.63) is 306 Å². The van der Waals surface area contributed by atoms with Crippen molar-refractivity contribution < 1.29 is 0 Å². The van der Waals surface area contributed by atoms with Gasteiger partial charge in [-0.1, -0.05) is 176 Å². The van der Waals surface area contributed by atoms with Gasteiger partial charge >= 0.3 is 0 Å². The van der Waals surface area contributed by atoms with Crippen LogP contribution in [0.2, 0.25) is 0 Å². The average Bonchev–Trinajstić information content (AvgIpc) is 4.47. The molecule has 18 rings (SSSR count). The van der Waals surface area contributed by atoms with Gasteiger partial charge in [-0.05, 0) is 134 Å². The van der Waals surface area contributed by atoms with Gasteiger partial charge in [-0.25, -0.2) is 0 Å². The van der Waals surface area contributed by atoms with Crippen LogP contribution in [0.15, 0.2) is 261 Å². The fourth-order valence-electron chi connectivity index (χ4n) is 15.0. The molecule has 1 atom stereocenters. The first-order valence-electron chi connectivity index (χ1n) is 26.6. The van der Waals surface area contributed by atoms with E-state index in [1.165, 1.54) is 82.7 Å². The second-order valence-electron chi connectivity index (χ2n) is 21.1. The van der Waals surface area contributed by atoms with Crippen molar-refractivity contribution in [2.45, 2.75) is 10.8 Å². The molecule has 0 bridgehead atoms. The van der Waals surface area contributed by atoms with Gasteiger partial charge in [-0.2, -0.15) is 0 Å². The van der Waals surface area contributed by atoms with Gasteiger partial charge in [0.15, 0.2) is 0 Å². The quantitative estimate of drug-likeness (QED) is 0.177. The van der Waals surface area contributed by atoms with Crippen LogP contribution in [0, 0.1) is 0 Å². The van der Waals surface area contributed by atoms with Gasteiger partial charge in [0.25, 0.3) is 0 Å². The number of benzene rings is 10. The van der Waals surface area contributed by atoms with E-state index in [0.29, 0.717) is 0 Å². The summed E-state index contributed by atoms with van der Waals surface area (Å²) in [5.41, 5.74) is 25.6. The molecule has 77 heavy (non-hydrogen) atoms. The highest BCUT2D eigenvalue weighted by Gasteiger charge is 2.57. The van der Waals surface area contributed by atoms with Crippen molar-refractivity contribution in [2.24, 2.45) is 0 Å². The molecule has 4 aliphatic rings. The standard InChI is InChI=1S/C72H43N5/c1-3-20-44(21-4-1)75-63-35-17-11-28-52(63)67-65(75)38-37-51-50-27-10-16-34-62(50)77(70(51)67)46-40-61-69(74-43-46)68-58(33-19-39-73-68)72(61)57-32-15-18-36-64(57)76(45-22-5-2-6-23-45)66-42-59-53(41-60(66)72)49-26-9-14-31-56(49)71(59)54-29-12-7-24-47(54)48-25-8-13-30-55(48)71/h1-43H. The number of aromatic nitrogens is 4. The summed E-state index contributed by atoms with van der Waals surface area (Å²) in [7, 11) is 0. The molecular formula is C72H43N5. The third-order valence-electron chi connectivity index (χ3n) is 17.8. The number of anilines is 3. The average molecular weight is 978 g/mol. The Labute approximate surface area is 443 Å². The number of para-hydroxylation sites is 5. The van der Waals surface area contributed by atoms with Gasteiger partial charge < -0.3 is 14.0 Å². The molecule has 0 saturated carbocycles. The molecule has 4 aromatic heterocycles. The first kappa shape index (κ1) is 41.3. The minimum atomic E-state index is -0.832. The maximum absolute atomic E-state index is 5.65. The van der Waals surface area contributed by atoms with E-state index in [4.69, 9.17) is 9.97 Å². The minimum Gasteiger partial charge on any atom is -0.310 e. The fraction of sp³-hybridized carbons (Fsp3) is 0.0278. The largest absolute Gasteiger partial charge is 0.310 e. The van der Waals surface area contributed by atoms with Crippen LogP contribution in [0.4, 0.5) is 17.1 Å². The van der Waals surface area contributed by atoms with E-state index < -0.39 is 10.8 Å². The Morgan fingerprint density at radius 3 is 1.58 bits per heavy atom. The van der Waals surface area contributed by atoms with Gasteiger partial charge in [0.05, 0.1) is 67.5 Å². The normalized spacial score (nSPS) is 15.7. The highest BCUT2D eigenvalue weighted by Crippen LogP contribution is 2.68. The van der Waals surface area contributed by atoms with E-state index in [-0.39, 0.29) is 0 Å². The Morgan fingerprint density at radius 2 is 0.857 bits per heavy atom. The molecule has 0 N–H and O–H groups in total. The number of hydrogen-bond acceptors (Lipinski definition) is 3. The molecule has 1 unspecified atom stereocenters. The molecule has 14 aromatic rings. The molecule has 3 aliphatic carbocycles. The van der Waals surface area contributed by atoms with Crippen LogP contribution >= 0.6 is 0 Å². The van der Waals surface area contributed by atoms with Gasteiger partial charge in [0.1, 0.15) is 0 Å². The van der Waals surface area contributed by atoms with Crippen molar-refractivity contribution >= 4 is 60.7 Å². The summed E-state index contributed by atoms with van der Waals surface area (Å²) in [6.07, 6.45) is 4.04. The van der Waals surface area contributed by atoms with Gasteiger partial charge in [0, 0.05) is 44.7 Å². The van der Waals surface area contributed by atoms with Gasteiger partial charge in [-0.3, -0.25) is 9.97 Å². The lowest BCUT2D eigenvalue weighted by atomic mass is 9.63. The van der Waals surface area contributed by atoms with Crippen molar-refractivity contribution in [3.8, 4) is 45.0 Å². The molecule has 0 saturated heterocycles. The summed E-state index contributed by atoms with van der Waals surface area (Å²) in [5, 5.41) is 4.82. The highest BCUT2D eigenvalue weighted by molar-refractivity contribution is 6.26. The van der Waals surface area contributed by atoms with Crippen LogP contribution in [0.5, 0.6) is 0 Å². The molecule has 1 aliphatic heterocycles. The first-order valence-corrected chi connectivity index (χ1v) is 26.6. The molecular weight excluding hydrogens is 935 g/mol. The summed E-state index contributed by atoms with van der Waals surface area (Å²) in [4.78, 5) is 13.5. The van der Waals surface area contributed by atoms with E-state index in [1.807, 2.05) is 6.20 Å². The predicted molar refractivity (Wildman–Crippen MR) is 313 cm³/mol. The fourth-order valence-corrected chi connectivity index (χ4v) is 15.0. The zero-order valence-corrected chi connectivity index (χ0v) is 41.6. The lowest BCUT2D eigenvalue weighted by Gasteiger charge is -2.45. The number of rotatable bonds is 3. The topological polar surface area (TPSA) is 38.9 Å². The molecule has 356 valence electrons. The predicted octanol–water partition coefficient (Wildman–Crippen LogP) is 17.2. The number of fused-ring (bicyclic) bond motifs is 26. The molecule has 0 amide bonds. The van der Waals surface area contributed by atoms with Crippen LogP contribution in [-0.4, -0.2) is 19.1 Å². The van der Waals surface area contributed by atoms with E-state index in [2.05, 4.69) is 269 Å². The van der Waals surface area contributed by atoms with E-state index >= 15 is 0 Å². The van der Waals surface area contributed by atoms with Crippen LogP contribution in [0.1, 0.15) is 44.5 Å². The van der Waals surface area contributed by atoms with E-state index in [0.717, 1.165) is 67.5 Å².